The van der Waals surface area contributed by atoms with Crippen LogP contribution in [-0.4, -0.2) is 30.6 Å². The number of sulfonamides is 1. The second-order valence-corrected chi connectivity index (χ2v) is 7.23. The van der Waals surface area contributed by atoms with E-state index in [4.69, 9.17) is 0 Å². The average molecular weight is 364 g/mol. The molecule has 102 valence electrons. The molecule has 0 aliphatic carbocycles. The highest BCUT2D eigenvalue weighted by atomic mass is 79.9. The van der Waals surface area contributed by atoms with Crippen LogP contribution in [0.4, 0.5) is 10.9 Å². The molecule has 0 fully saturated rings. The molecule has 7 nitrogen and oxygen atoms in total. The highest BCUT2D eigenvalue weighted by Gasteiger charge is 2.21. The van der Waals surface area contributed by atoms with Crippen molar-refractivity contribution in [2.45, 2.75) is 11.8 Å². The molecule has 0 amide bonds. The molecule has 10 heteroatoms. The molecule has 0 atom stereocenters. The van der Waals surface area contributed by atoms with Crippen LogP contribution in [-0.2, 0) is 10.0 Å². The summed E-state index contributed by atoms with van der Waals surface area (Å²) in [7, 11) is -2.16. The Morgan fingerprint density at radius 1 is 1.37 bits per heavy atom. The lowest BCUT2D eigenvalue weighted by Gasteiger charge is -2.09. The second kappa shape index (κ2) is 5.39. The topological polar surface area (TPSA) is 96.9 Å². The summed E-state index contributed by atoms with van der Waals surface area (Å²) in [6, 6.07) is 1.47. The Hall–Kier alpha value is -1.26. The molecule has 2 rings (SSSR count). The summed E-state index contributed by atoms with van der Waals surface area (Å²) >= 11 is 4.36. The van der Waals surface area contributed by atoms with Gasteiger partial charge in [-0.3, -0.25) is 4.72 Å². The Kier molecular flexibility index (Phi) is 4.02. The Bertz CT molecular complexity index is 700. The zero-order chi connectivity index (χ0) is 14.0. The summed E-state index contributed by atoms with van der Waals surface area (Å²) in [5.41, 5.74) is 0. The SMILES string of the molecule is CNc1ncc(Br)cc1S(=O)(=O)Nc1nnc(C)s1. The van der Waals surface area contributed by atoms with Crippen LogP contribution in [0.2, 0.25) is 0 Å². The minimum absolute atomic E-state index is 0.0391. The minimum Gasteiger partial charge on any atom is -0.372 e. The summed E-state index contributed by atoms with van der Waals surface area (Å²) in [5.74, 6) is 0.261. The molecule has 2 N–H and O–H groups in total. The van der Waals surface area contributed by atoms with Crippen molar-refractivity contribution < 1.29 is 8.42 Å². The van der Waals surface area contributed by atoms with E-state index in [0.717, 1.165) is 11.3 Å². The molecule has 2 aromatic rings. The molecule has 0 aliphatic heterocycles. The predicted octanol–water partition coefficient (Wildman–Crippen LogP) is 1.85. The smallest absolute Gasteiger partial charge is 0.267 e. The van der Waals surface area contributed by atoms with Crippen molar-refractivity contribution in [3.63, 3.8) is 0 Å². The number of halogens is 1. The third-order valence-corrected chi connectivity index (χ3v) is 4.76. The third-order valence-electron chi connectivity index (χ3n) is 2.09. The number of hydrogen-bond donors (Lipinski definition) is 2. The average Bonchev–Trinajstić information content (AvgIpc) is 2.74. The van der Waals surface area contributed by atoms with Gasteiger partial charge in [0.25, 0.3) is 10.0 Å². The van der Waals surface area contributed by atoms with E-state index in [1.54, 1.807) is 14.0 Å². The van der Waals surface area contributed by atoms with Crippen molar-refractivity contribution in [2.24, 2.45) is 0 Å². The van der Waals surface area contributed by atoms with E-state index >= 15 is 0 Å². The van der Waals surface area contributed by atoms with E-state index in [2.05, 4.69) is 41.2 Å². The van der Waals surface area contributed by atoms with Crippen LogP contribution < -0.4 is 10.0 Å². The van der Waals surface area contributed by atoms with Crippen molar-refractivity contribution in [1.29, 1.82) is 0 Å². The molecule has 0 unspecified atom stereocenters. The first kappa shape index (κ1) is 14.2. The van der Waals surface area contributed by atoms with Crippen molar-refractivity contribution in [3.05, 3.63) is 21.7 Å². The van der Waals surface area contributed by atoms with Crippen LogP contribution in [0.25, 0.3) is 0 Å². The van der Waals surface area contributed by atoms with Crippen LogP contribution in [0, 0.1) is 6.92 Å². The summed E-state index contributed by atoms with van der Waals surface area (Å²) in [6.45, 7) is 1.75. The maximum absolute atomic E-state index is 12.3. The summed E-state index contributed by atoms with van der Waals surface area (Å²) in [6.07, 6.45) is 1.51. The molecule has 0 saturated carbocycles. The number of hydrogen-bond acceptors (Lipinski definition) is 7. The number of aromatic nitrogens is 3. The Morgan fingerprint density at radius 3 is 2.68 bits per heavy atom. The number of aryl methyl sites for hydroxylation is 1. The molecule has 0 aromatic carbocycles. The van der Waals surface area contributed by atoms with Gasteiger partial charge < -0.3 is 5.32 Å². The molecular formula is C9H10BrN5O2S2. The van der Waals surface area contributed by atoms with Crippen LogP contribution in [0.1, 0.15) is 5.01 Å². The molecule has 0 aliphatic rings. The van der Waals surface area contributed by atoms with Crippen LogP contribution in [0.15, 0.2) is 21.6 Å². The maximum atomic E-state index is 12.3. The Labute approximate surface area is 122 Å². The van der Waals surface area contributed by atoms with Gasteiger partial charge in [0.2, 0.25) is 5.13 Å². The second-order valence-electron chi connectivity index (χ2n) is 3.48. The van der Waals surface area contributed by atoms with E-state index in [1.807, 2.05) is 0 Å². The van der Waals surface area contributed by atoms with Gasteiger partial charge in [0.15, 0.2) is 0 Å². The van der Waals surface area contributed by atoms with Gasteiger partial charge >= 0.3 is 0 Å². The van der Waals surface area contributed by atoms with Gasteiger partial charge in [-0.05, 0) is 28.9 Å². The maximum Gasteiger partial charge on any atom is 0.267 e. The largest absolute Gasteiger partial charge is 0.372 e. The monoisotopic (exact) mass is 363 g/mol. The lowest BCUT2D eigenvalue weighted by molar-refractivity contribution is 0.601. The molecule has 0 saturated heterocycles. The summed E-state index contributed by atoms with van der Waals surface area (Å²) in [4.78, 5) is 4.04. The quantitative estimate of drug-likeness (QED) is 0.860. The van der Waals surface area contributed by atoms with E-state index in [-0.39, 0.29) is 15.8 Å². The first-order chi connectivity index (χ1) is 8.92. The van der Waals surface area contributed by atoms with E-state index in [1.165, 1.54) is 12.3 Å². The van der Waals surface area contributed by atoms with E-state index in [9.17, 15) is 8.42 Å². The molecule has 2 heterocycles. The lowest BCUT2D eigenvalue weighted by atomic mass is 10.4. The molecule has 19 heavy (non-hydrogen) atoms. The van der Waals surface area contributed by atoms with Crippen molar-refractivity contribution >= 4 is 48.2 Å². The summed E-state index contributed by atoms with van der Waals surface area (Å²) < 4.78 is 27.5. The Balaban J connectivity index is 2.41. The third kappa shape index (κ3) is 3.19. The zero-order valence-corrected chi connectivity index (χ0v) is 13.2. The van der Waals surface area contributed by atoms with Gasteiger partial charge in [-0.25, -0.2) is 13.4 Å². The van der Waals surface area contributed by atoms with Crippen LogP contribution >= 0.6 is 27.3 Å². The minimum atomic E-state index is -3.76. The van der Waals surface area contributed by atoms with Gasteiger partial charge in [-0.15, -0.1) is 10.2 Å². The summed E-state index contributed by atoms with van der Waals surface area (Å²) in [5, 5.41) is 11.1. The zero-order valence-electron chi connectivity index (χ0n) is 10.0. The van der Waals surface area contributed by atoms with Gasteiger partial charge in [0.1, 0.15) is 15.7 Å². The first-order valence-corrected chi connectivity index (χ1v) is 8.18. The van der Waals surface area contributed by atoms with Gasteiger partial charge in [0.05, 0.1) is 0 Å². The molecule has 0 spiro atoms. The fourth-order valence-corrected chi connectivity index (χ4v) is 3.81. The van der Waals surface area contributed by atoms with Crippen molar-refractivity contribution in [1.82, 2.24) is 15.2 Å². The molecular weight excluding hydrogens is 354 g/mol. The number of anilines is 2. The fourth-order valence-electron chi connectivity index (χ4n) is 1.32. The molecule has 0 bridgehead atoms. The molecule has 2 aromatic heterocycles. The van der Waals surface area contributed by atoms with Gasteiger partial charge in [0, 0.05) is 17.7 Å². The fraction of sp³-hybridized carbons (Fsp3) is 0.222. The van der Waals surface area contributed by atoms with E-state index in [0.29, 0.717) is 9.48 Å². The number of pyridine rings is 1. The highest BCUT2D eigenvalue weighted by molar-refractivity contribution is 9.10. The normalized spacial score (nSPS) is 11.3. The predicted molar refractivity (Wildman–Crippen MR) is 76.9 cm³/mol. The highest BCUT2D eigenvalue weighted by Crippen LogP contribution is 2.25. The van der Waals surface area contributed by atoms with Gasteiger partial charge in [-0.2, -0.15) is 0 Å². The van der Waals surface area contributed by atoms with Gasteiger partial charge in [-0.1, -0.05) is 11.3 Å². The van der Waals surface area contributed by atoms with Crippen molar-refractivity contribution in [3.8, 4) is 0 Å². The van der Waals surface area contributed by atoms with E-state index < -0.39 is 10.0 Å². The first-order valence-electron chi connectivity index (χ1n) is 5.08. The number of nitrogens with zero attached hydrogens (tertiary/aromatic N) is 3. The van der Waals surface area contributed by atoms with Crippen LogP contribution in [0.5, 0.6) is 0 Å². The Morgan fingerprint density at radius 2 is 2.11 bits per heavy atom. The number of rotatable bonds is 4. The van der Waals surface area contributed by atoms with Crippen molar-refractivity contribution in [2.75, 3.05) is 17.1 Å². The lowest BCUT2D eigenvalue weighted by Crippen LogP contribution is -2.15. The number of nitrogens with one attached hydrogen (secondary N) is 2. The standard InChI is InChI=1S/C9H10BrN5O2S2/c1-5-13-14-9(18-5)15-19(16,17)7-3-6(10)4-12-8(7)11-2/h3-4H,1-2H3,(H,11,12)(H,14,15). The van der Waals surface area contributed by atoms with Crippen LogP contribution in [0.3, 0.4) is 0 Å². The molecule has 0 radical (unpaired) electrons.